The van der Waals surface area contributed by atoms with Gasteiger partial charge in [-0.25, -0.2) is 18.2 Å². The predicted octanol–water partition coefficient (Wildman–Crippen LogP) is 1.78. The number of esters is 1. The van der Waals surface area contributed by atoms with Gasteiger partial charge in [0, 0.05) is 18.8 Å². The molecule has 8 nitrogen and oxygen atoms in total. The van der Waals surface area contributed by atoms with Crippen LogP contribution in [0.3, 0.4) is 0 Å². The fourth-order valence-corrected chi connectivity index (χ4v) is 4.11. The molecular formula is C18H19N3O5S2. The molecule has 0 bridgehead atoms. The van der Waals surface area contributed by atoms with Crippen LogP contribution < -0.4 is 9.62 Å². The number of carbonyl (C=O) groups is 2. The van der Waals surface area contributed by atoms with Gasteiger partial charge in [0.15, 0.2) is 5.13 Å². The second kappa shape index (κ2) is 9.45. The van der Waals surface area contributed by atoms with E-state index in [0.29, 0.717) is 17.4 Å². The fourth-order valence-electron chi connectivity index (χ4n) is 2.21. The smallest absolute Gasteiger partial charge is 0.338 e. The van der Waals surface area contributed by atoms with Gasteiger partial charge in [0.25, 0.3) is 0 Å². The molecule has 1 heterocycles. The van der Waals surface area contributed by atoms with Crippen molar-refractivity contribution < 1.29 is 22.7 Å². The van der Waals surface area contributed by atoms with Crippen LogP contribution in [0.5, 0.6) is 0 Å². The summed E-state index contributed by atoms with van der Waals surface area (Å²) in [5.41, 5.74) is 0.575. The molecule has 28 heavy (non-hydrogen) atoms. The van der Waals surface area contributed by atoms with Gasteiger partial charge in [-0.2, -0.15) is 4.72 Å². The van der Waals surface area contributed by atoms with Gasteiger partial charge >= 0.3 is 5.97 Å². The molecule has 2 aromatic rings. The normalized spacial score (nSPS) is 10.9. The van der Waals surface area contributed by atoms with Crippen LogP contribution in [-0.4, -0.2) is 38.4 Å². The number of nitrogens with one attached hydrogen (secondary N) is 1. The summed E-state index contributed by atoms with van der Waals surface area (Å²) in [6.45, 7) is 3.51. The third-order valence-corrected chi connectivity index (χ3v) is 5.87. The number of carbonyl (C=O) groups excluding carboxylic acids is 2. The summed E-state index contributed by atoms with van der Waals surface area (Å²) >= 11 is 1.27. The minimum atomic E-state index is -3.81. The van der Waals surface area contributed by atoms with Crippen molar-refractivity contribution in [2.24, 2.45) is 0 Å². The van der Waals surface area contributed by atoms with E-state index in [2.05, 4.69) is 15.6 Å². The molecule has 0 fully saturated rings. The number of amides is 1. The summed E-state index contributed by atoms with van der Waals surface area (Å²) in [6.07, 6.45) is 5.05. The Morgan fingerprint density at radius 1 is 1.39 bits per heavy atom. The van der Waals surface area contributed by atoms with Crippen molar-refractivity contribution >= 4 is 38.4 Å². The zero-order valence-electron chi connectivity index (χ0n) is 15.3. The Kier molecular flexibility index (Phi) is 7.28. The number of sulfonamides is 1. The lowest BCUT2D eigenvalue weighted by molar-refractivity contribution is -0.116. The van der Waals surface area contributed by atoms with E-state index in [1.54, 1.807) is 5.38 Å². The molecule has 0 saturated carbocycles. The van der Waals surface area contributed by atoms with Crippen molar-refractivity contribution in [3.8, 4) is 12.3 Å². The Morgan fingerprint density at radius 2 is 2.14 bits per heavy atom. The standard InChI is InChI=1S/C18H19N3O5S2/c1-4-9-19-28(24,25)16-8-6-7-14(10-16)17(23)26-11-15-12-27-18(20-15)21(5-2)13(3)22/h1,6-8,10,12,19H,5,9,11H2,2-3H3. The lowest BCUT2D eigenvalue weighted by atomic mass is 10.2. The molecule has 0 aliphatic heterocycles. The highest BCUT2D eigenvalue weighted by Crippen LogP contribution is 2.21. The number of rotatable bonds is 8. The number of terminal acetylenes is 1. The molecule has 1 aromatic heterocycles. The van der Waals surface area contributed by atoms with E-state index < -0.39 is 16.0 Å². The summed E-state index contributed by atoms with van der Waals surface area (Å²) in [6, 6.07) is 5.45. The van der Waals surface area contributed by atoms with Crippen LogP contribution in [0.2, 0.25) is 0 Å². The number of anilines is 1. The number of ether oxygens (including phenoxy) is 1. The number of hydrogen-bond acceptors (Lipinski definition) is 7. The highest BCUT2D eigenvalue weighted by Gasteiger charge is 2.17. The largest absolute Gasteiger partial charge is 0.456 e. The lowest BCUT2D eigenvalue weighted by Crippen LogP contribution is -2.27. The topological polar surface area (TPSA) is 106 Å². The molecule has 148 valence electrons. The molecule has 0 aliphatic carbocycles. The van der Waals surface area contributed by atoms with E-state index >= 15 is 0 Å². The molecule has 0 saturated heterocycles. The van der Waals surface area contributed by atoms with E-state index in [4.69, 9.17) is 11.2 Å². The molecule has 0 aliphatic rings. The minimum absolute atomic E-state index is 0.0814. The van der Waals surface area contributed by atoms with E-state index in [1.165, 1.54) is 47.4 Å². The average molecular weight is 422 g/mol. The molecule has 1 aromatic carbocycles. The fraction of sp³-hybridized carbons (Fsp3) is 0.278. The summed E-state index contributed by atoms with van der Waals surface area (Å²) in [5.74, 6) is 1.36. The molecule has 0 atom stereocenters. The Hall–Kier alpha value is -2.74. The van der Waals surface area contributed by atoms with Gasteiger partial charge in [-0.05, 0) is 25.1 Å². The molecule has 10 heteroatoms. The first-order valence-electron chi connectivity index (χ1n) is 8.21. The summed E-state index contributed by atoms with van der Waals surface area (Å²) in [4.78, 5) is 29.5. The Morgan fingerprint density at radius 3 is 2.79 bits per heavy atom. The monoisotopic (exact) mass is 421 g/mol. The maximum absolute atomic E-state index is 12.3. The second-order valence-electron chi connectivity index (χ2n) is 5.52. The van der Waals surface area contributed by atoms with Crippen molar-refractivity contribution in [3.63, 3.8) is 0 Å². The third kappa shape index (κ3) is 5.39. The SMILES string of the molecule is C#CCNS(=O)(=O)c1cccc(C(=O)OCc2csc(N(CC)C(C)=O)n2)c1. The molecule has 0 radical (unpaired) electrons. The third-order valence-electron chi connectivity index (χ3n) is 3.56. The van der Waals surface area contributed by atoms with E-state index in [0.717, 1.165) is 0 Å². The van der Waals surface area contributed by atoms with Crippen LogP contribution in [-0.2, 0) is 26.2 Å². The van der Waals surface area contributed by atoms with Crippen LogP contribution in [0.25, 0.3) is 0 Å². The quantitative estimate of drug-likeness (QED) is 0.515. The predicted molar refractivity (Wildman–Crippen MR) is 105 cm³/mol. The number of benzene rings is 1. The van der Waals surface area contributed by atoms with Crippen molar-refractivity contribution in [3.05, 3.63) is 40.9 Å². The van der Waals surface area contributed by atoms with E-state index in [1.807, 2.05) is 6.92 Å². The second-order valence-corrected chi connectivity index (χ2v) is 8.12. The maximum Gasteiger partial charge on any atom is 0.338 e. The molecule has 1 N–H and O–H groups in total. The van der Waals surface area contributed by atoms with Crippen LogP contribution in [0.4, 0.5) is 5.13 Å². The minimum Gasteiger partial charge on any atom is -0.456 e. The van der Waals surface area contributed by atoms with Gasteiger partial charge in [0.05, 0.1) is 22.7 Å². The van der Waals surface area contributed by atoms with Gasteiger partial charge in [-0.15, -0.1) is 17.8 Å². The summed E-state index contributed by atoms with van der Waals surface area (Å²) in [7, 11) is -3.81. The van der Waals surface area contributed by atoms with Gasteiger partial charge in [-0.1, -0.05) is 12.0 Å². The molecule has 0 spiro atoms. The number of nitrogens with zero attached hydrogens (tertiary/aromatic N) is 2. The van der Waals surface area contributed by atoms with Crippen molar-refractivity contribution in [1.82, 2.24) is 9.71 Å². The zero-order valence-corrected chi connectivity index (χ0v) is 17.0. The van der Waals surface area contributed by atoms with E-state index in [9.17, 15) is 18.0 Å². The average Bonchev–Trinajstić information content (AvgIpc) is 3.13. The van der Waals surface area contributed by atoms with Crippen molar-refractivity contribution in [2.45, 2.75) is 25.3 Å². The highest BCUT2D eigenvalue weighted by atomic mass is 32.2. The van der Waals surface area contributed by atoms with Gasteiger partial charge in [-0.3, -0.25) is 9.69 Å². The van der Waals surface area contributed by atoms with Gasteiger partial charge in [0.1, 0.15) is 6.61 Å². The summed E-state index contributed by atoms with van der Waals surface area (Å²) in [5, 5.41) is 2.22. The van der Waals surface area contributed by atoms with Gasteiger partial charge < -0.3 is 4.74 Å². The van der Waals surface area contributed by atoms with Gasteiger partial charge in [0.2, 0.25) is 15.9 Å². The zero-order chi connectivity index (χ0) is 20.7. The molecule has 2 rings (SSSR count). The van der Waals surface area contributed by atoms with Crippen LogP contribution in [0.1, 0.15) is 29.9 Å². The first kappa shape index (κ1) is 21.6. The molecule has 1 amide bonds. The van der Waals surface area contributed by atoms with E-state index in [-0.39, 0.29) is 29.5 Å². The van der Waals surface area contributed by atoms with Crippen molar-refractivity contribution in [2.75, 3.05) is 18.0 Å². The van der Waals surface area contributed by atoms with Crippen LogP contribution in [0, 0.1) is 12.3 Å². The molecular weight excluding hydrogens is 402 g/mol. The number of aromatic nitrogens is 1. The Bertz CT molecular complexity index is 1010. The Balaban J connectivity index is 2.06. The number of hydrogen-bond donors (Lipinski definition) is 1. The van der Waals surface area contributed by atoms with Crippen molar-refractivity contribution in [1.29, 1.82) is 0 Å². The highest BCUT2D eigenvalue weighted by molar-refractivity contribution is 7.89. The first-order valence-corrected chi connectivity index (χ1v) is 10.6. The first-order chi connectivity index (χ1) is 13.3. The Labute approximate surface area is 167 Å². The molecule has 0 unspecified atom stereocenters. The summed E-state index contributed by atoms with van der Waals surface area (Å²) < 4.78 is 31.6. The lowest BCUT2D eigenvalue weighted by Gasteiger charge is -2.14. The maximum atomic E-state index is 12.3. The van der Waals surface area contributed by atoms with Crippen LogP contribution >= 0.6 is 11.3 Å². The van der Waals surface area contributed by atoms with Crippen LogP contribution in [0.15, 0.2) is 34.5 Å². The number of thiazole rings is 1.